The minimum atomic E-state index is -3.66. The molecule has 0 radical (unpaired) electrons. The van der Waals surface area contributed by atoms with Crippen LogP contribution in [-0.2, 0) is 14.8 Å². The third-order valence-corrected chi connectivity index (χ3v) is 8.34. The van der Waals surface area contributed by atoms with Crippen molar-refractivity contribution in [2.24, 2.45) is 0 Å². The zero-order valence-corrected chi connectivity index (χ0v) is 19.4. The fraction of sp³-hybridized carbons (Fsp3) is 0.682. The Labute approximate surface area is 181 Å². The summed E-state index contributed by atoms with van der Waals surface area (Å²) in [6, 6.07) is 5.52. The van der Waals surface area contributed by atoms with Gasteiger partial charge in [0.1, 0.15) is 0 Å². The number of nitrogens with zero attached hydrogens (tertiary/aromatic N) is 3. The van der Waals surface area contributed by atoms with Gasteiger partial charge in [-0.05, 0) is 63.0 Å². The number of rotatable bonds is 8. The second kappa shape index (κ2) is 10.2. The average molecular weight is 437 g/mol. The van der Waals surface area contributed by atoms with E-state index in [2.05, 4.69) is 17.1 Å². The van der Waals surface area contributed by atoms with Crippen molar-refractivity contribution in [2.45, 2.75) is 51.0 Å². The Bertz CT molecular complexity index is 837. The molecule has 2 saturated heterocycles. The highest BCUT2D eigenvalue weighted by Gasteiger charge is 2.32. The first-order chi connectivity index (χ1) is 14.3. The number of amides is 1. The molecule has 7 nitrogen and oxygen atoms in total. The van der Waals surface area contributed by atoms with Crippen molar-refractivity contribution in [1.82, 2.24) is 19.4 Å². The molecule has 1 atom stereocenters. The molecule has 1 unspecified atom stereocenters. The maximum Gasteiger partial charge on any atom is 0.243 e. The largest absolute Gasteiger partial charge is 0.340 e. The van der Waals surface area contributed by atoms with E-state index < -0.39 is 10.0 Å². The van der Waals surface area contributed by atoms with Crippen LogP contribution in [0.25, 0.3) is 0 Å². The van der Waals surface area contributed by atoms with Gasteiger partial charge in [0.2, 0.25) is 15.9 Å². The number of likely N-dealkylation sites (N-methyl/N-ethyl adjacent to an activating group) is 1. The van der Waals surface area contributed by atoms with Crippen molar-refractivity contribution in [2.75, 3.05) is 52.4 Å². The summed E-state index contributed by atoms with van der Waals surface area (Å²) in [5, 5.41) is 3.24. The number of carbonyl (C=O) groups excluding carboxylic acids is 1. The van der Waals surface area contributed by atoms with Gasteiger partial charge < -0.3 is 10.2 Å². The van der Waals surface area contributed by atoms with Crippen LogP contribution in [0.2, 0.25) is 0 Å². The molecule has 0 saturated carbocycles. The lowest BCUT2D eigenvalue weighted by Gasteiger charge is -2.31. The van der Waals surface area contributed by atoms with Crippen LogP contribution in [0.1, 0.15) is 37.3 Å². The number of aryl methyl sites for hydroxylation is 2. The van der Waals surface area contributed by atoms with Crippen LogP contribution in [-0.4, -0.2) is 86.8 Å². The lowest BCUT2D eigenvalue weighted by atomic mass is 10.1. The number of hydrogen-bond acceptors (Lipinski definition) is 5. The van der Waals surface area contributed by atoms with Crippen LogP contribution < -0.4 is 5.32 Å². The minimum absolute atomic E-state index is 0.0376. The smallest absolute Gasteiger partial charge is 0.243 e. The van der Waals surface area contributed by atoms with E-state index in [0.29, 0.717) is 24.5 Å². The Kier molecular flexibility index (Phi) is 7.90. The molecule has 8 heteroatoms. The van der Waals surface area contributed by atoms with Crippen molar-refractivity contribution in [3.63, 3.8) is 0 Å². The molecule has 1 amide bonds. The number of sulfonamides is 1. The fourth-order valence-corrected chi connectivity index (χ4v) is 5.94. The van der Waals surface area contributed by atoms with E-state index >= 15 is 0 Å². The van der Waals surface area contributed by atoms with Crippen LogP contribution in [0.5, 0.6) is 0 Å². The standard InChI is InChI=1S/C22H36N4O3S/c1-4-24-12-5-6-20(24)17-26(13-9-22(27)25-14-10-23-11-15-25)30(28,29)21-8-7-18(2)19(3)16-21/h7-8,16,20,23H,4-6,9-15,17H2,1-3H3. The van der Waals surface area contributed by atoms with E-state index in [1.165, 1.54) is 0 Å². The van der Waals surface area contributed by atoms with Gasteiger partial charge >= 0.3 is 0 Å². The monoisotopic (exact) mass is 436 g/mol. The summed E-state index contributed by atoms with van der Waals surface area (Å²) in [4.78, 5) is 17.2. The lowest BCUT2D eigenvalue weighted by Crippen LogP contribution is -2.48. The molecule has 1 aromatic carbocycles. The number of hydrogen-bond donors (Lipinski definition) is 1. The predicted molar refractivity (Wildman–Crippen MR) is 119 cm³/mol. The third kappa shape index (κ3) is 5.41. The zero-order chi connectivity index (χ0) is 21.7. The first kappa shape index (κ1) is 23.2. The topological polar surface area (TPSA) is 73.0 Å². The van der Waals surface area contributed by atoms with E-state index in [1.54, 1.807) is 16.4 Å². The molecule has 3 rings (SSSR count). The molecule has 0 bridgehead atoms. The van der Waals surface area contributed by atoms with Crippen molar-refractivity contribution >= 4 is 15.9 Å². The molecule has 0 spiro atoms. The van der Waals surface area contributed by atoms with Crippen molar-refractivity contribution in [3.8, 4) is 0 Å². The van der Waals surface area contributed by atoms with Gasteiger partial charge in [-0.1, -0.05) is 13.0 Å². The average Bonchev–Trinajstić information content (AvgIpc) is 3.20. The van der Waals surface area contributed by atoms with Gasteiger partial charge in [-0.3, -0.25) is 9.69 Å². The Balaban J connectivity index is 1.78. The molecule has 30 heavy (non-hydrogen) atoms. The second-order valence-corrected chi connectivity index (χ2v) is 10.4. The molecule has 168 valence electrons. The van der Waals surface area contributed by atoms with Crippen molar-refractivity contribution < 1.29 is 13.2 Å². The van der Waals surface area contributed by atoms with Crippen LogP contribution in [0, 0.1) is 13.8 Å². The van der Waals surface area contributed by atoms with E-state index in [9.17, 15) is 13.2 Å². The molecule has 2 heterocycles. The van der Waals surface area contributed by atoms with Crippen LogP contribution >= 0.6 is 0 Å². The normalized spacial score (nSPS) is 20.8. The van der Waals surface area contributed by atoms with Gasteiger partial charge in [0.25, 0.3) is 0 Å². The number of nitrogens with one attached hydrogen (secondary N) is 1. The third-order valence-electron chi connectivity index (χ3n) is 6.48. The maximum atomic E-state index is 13.5. The summed E-state index contributed by atoms with van der Waals surface area (Å²) in [6.07, 6.45) is 2.32. The Morgan fingerprint density at radius 2 is 1.90 bits per heavy atom. The summed E-state index contributed by atoms with van der Waals surface area (Å²) in [5.41, 5.74) is 2.03. The molecule has 2 aliphatic heterocycles. The van der Waals surface area contributed by atoms with Crippen molar-refractivity contribution in [3.05, 3.63) is 29.3 Å². The highest BCUT2D eigenvalue weighted by atomic mass is 32.2. The summed E-state index contributed by atoms with van der Waals surface area (Å²) in [7, 11) is -3.66. The molecule has 0 aliphatic carbocycles. The van der Waals surface area contributed by atoms with Gasteiger partial charge in [-0.2, -0.15) is 4.31 Å². The van der Waals surface area contributed by atoms with Gasteiger partial charge in [-0.25, -0.2) is 8.42 Å². The highest BCUT2D eigenvalue weighted by molar-refractivity contribution is 7.89. The predicted octanol–water partition coefficient (Wildman–Crippen LogP) is 1.60. The van der Waals surface area contributed by atoms with Crippen molar-refractivity contribution in [1.29, 1.82) is 0 Å². The highest BCUT2D eigenvalue weighted by Crippen LogP contribution is 2.24. The molecule has 1 aromatic rings. The number of benzene rings is 1. The Hall–Kier alpha value is -1.48. The van der Waals surface area contributed by atoms with E-state index in [-0.39, 0.29) is 24.9 Å². The summed E-state index contributed by atoms with van der Waals surface area (Å²) >= 11 is 0. The Morgan fingerprint density at radius 3 is 2.57 bits per heavy atom. The number of piperazine rings is 1. The van der Waals surface area contributed by atoms with E-state index in [0.717, 1.165) is 50.1 Å². The molecular formula is C22H36N4O3S. The summed E-state index contributed by atoms with van der Waals surface area (Å²) in [5.74, 6) is 0.0376. The number of carbonyl (C=O) groups is 1. The van der Waals surface area contributed by atoms with Crippen LogP contribution in [0.3, 0.4) is 0 Å². The fourth-order valence-electron chi connectivity index (χ4n) is 4.38. The Morgan fingerprint density at radius 1 is 1.17 bits per heavy atom. The van der Waals surface area contributed by atoms with Gasteiger partial charge in [0, 0.05) is 51.7 Å². The van der Waals surface area contributed by atoms with E-state index in [1.807, 2.05) is 24.8 Å². The summed E-state index contributed by atoms with van der Waals surface area (Å²) in [6.45, 7) is 11.6. The first-order valence-corrected chi connectivity index (χ1v) is 12.6. The molecule has 2 fully saturated rings. The number of likely N-dealkylation sites (tertiary alicyclic amines) is 1. The molecular weight excluding hydrogens is 400 g/mol. The lowest BCUT2D eigenvalue weighted by molar-refractivity contribution is -0.131. The molecule has 2 aliphatic rings. The van der Waals surface area contributed by atoms with E-state index in [4.69, 9.17) is 0 Å². The second-order valence-electron chi connectivity index (χ2n) is 8.41. The van der Waals surface area contributed by atoms with Crippen LogP contribution in [0.4, 0.5) is 0 Å². The molecule has 1 N–H and O–H groups in total. The zero-order valence-electron chi connectivity index (χ0n) is 18.6. The maximum absolute atomic E-state index is 13.5. The van der Waals surface area contributed by atoms with Gasteiger partial charge in [0.15, 0.2) is 0 Å². The molecule has 0 aromatic heterocycles. The first-order valence-electron chi connectivity index (χ1n) is 11.1. The van der Waals surface area contributed by atoms with Gasteiger partial charge in [0.05, 0.1) is 4.90 Å². The van der Waals surface area contributed by atoms with Crippen LogP contribution in [0.15, 0.2) is 23.1 Å². The quantitative estimate of drug-likeness (QED) is 0.670. The SMILES string of the molecule is CCN1CCCC1CN(CCC(=O)N1CCNCC1)S(=O)(=O)c1ccc(C)c(C)c1. The van der Waals surface area contributed by atoms with Gasteiger partial charge in [-0.15, -0.1) is 0 Å². The summed E-state index contributed by atoms with van der Waals surface area (Å²) < 4.78 is 28.6. The minimum Gasteiger partial charge on any atom is -0.340 e.